The summed E-state index contributed by atoms with van der Waals surface area (Å²) in [6.07, 6.45) is -29.5. The maximum absolute atomic E-state index is 15.4. The molecule has 4 fully saturated rings. The Labute approximate surface area is 732 Å². The van der Waals surface area contributed by atoms with Crippen LogP contribution < -0.4 is 53.6 Å². The molecule has 4 aliphatic rings. The molecule has 0 saturated carbocycles. The highest BCUT2D eigenvalue weighted by atomic mass is 16.7. The molecule has 45 nitrogen and oxygen atoms in total. The number of likely N-dealkylation sites (N-methyl/N-ethyl adjacent to an activating group) is 1. The number of primary amides is 1. The number of aromatic hydroxyl groups is 2. The lowest BCUT2D eigenvalue weighted by atomic mass is 9.96. The van der Waals surface area contributed by atoms with Gasteiger partial charge < -0.3 is 163 Å². The second-order valence-corrected chi connectivity index (χ2v) is 31.8. The number of nitrogens with two attached hydrogens (primary N) is 1. The molecule has 0 spiro atoms. The highest BCUT2D eigenvalue weighted by Crippen LogP contribution is 2.32. The number of ether oxygens (including phenoxy) is 8. The van der Waals surface area contributed by atoms with E-state index in [4.69, 9.17) is 43.6 Å². The molecule has 0 aromatic heterocycles. The summed E-state index contributed by atoms with van der Waals surface area (Å²) in [5.74, 6) is -17.0. The molecule has 4 aliphatic heterocycles. The van der Waals surface area contributed by atoms with Crippen LogP contribution in [0.2, 0.25) is 0 Å². The van der Waals surface area contributed by atoms with Crippen molar-refractivity contribution < 1.29 is 167 Å². The molecule has 0 aliphatic carbocycles. The van der Waals surface area contributed by atoms with Gasteiger partial charge in [-0.15, -0.1) is 0 Å². The van der Waals surface area contributed by atoms with Crippen LogP contribution in [-0.2, 0) is 113 Å². The lowest BCUT2D eigenvalue weighted by molar-refractivity contribution is -0.339. The maximum Gasteiger partial charge on any atom is 0.329 e. The number of aliphatic hydroxyl groups is 11. The first-order chi connectivity index (χ1) is 60.0. The van der Waals surface area contributed by atoms with Crippen LogP contribution in [0.1, 0.15) is 150 Å². The van der Waals surface area contributed by atoms with Crippen LogP contribution in [0.4, 0.5) is 0 Å². The number of benzene rings is 2. The van der Waals surface area contributed by atoms with Gasteiger partial charge in [-0.05, 0) is 82.9 Å². The molecule has 0 radical (unpaired) electrons. The number of nitrogens with one attached hydrogen (secondary N) is 9. The Morgan fingerprint density at radius 3 is 1.75 bits per heavy atom. The molecule has 6 rings (SSSR count). The molecular weight excluding hydrogens is 1680 g/mol. The number of phenolic OH excluding ortho intramolecular Hbond substituents is 2. The van der Waals surface area contributed by atoms with Crippen molar-refractivity contribution in [1.29, 1.82) is 0 Å². The molecular formula is C82H125N11O34. The average Bonchev–Trinajstić information content (AvgIpc) is 0.798. The Morgan fingerprint density at radius 1 is 0.638 bits per heavy atom. The number of carbonyl (C=O) groups excluding carboxylic acids is 13. The van der Waals surface area contributed by atoms with Crippen LogP contribution >= 0.6 is 0 Å². The molecule has 27 atom stereocenters. The second-order valence-electron chi connectivity index (χ2n) is 31.8. The minimum atomic E-state index is -2.43. The summed E-state index contributed by atoms with van der Waals surface area (Å²) >= 11 is 0. The second kappa shape index (κ2) is 51.4. The number of hydrogen-bond donors (Lipinski definition) is 23. The first-order valence-corrected chi connectivity index (χ1v) is 42.1. The van der Waals surface area contributed by atoms with Gasteiger partial charge in [0.25, 0.3) is 11.8 Å². The molecule has 45 heteroatoms. The van der Waals surface area contributed by atoms with E-state index >= 15 is 19.2 Å². The van der Waals surface area contributed by atoms with Gasteiger partial charge in [-0.25, -0.2) is 4.79 Å². The number of cyclic esters (lactones) is 1. The van der Waals surface area contributed by atoms with E-state index in [-0.39, 0.29) is 35.5 Å². The van der Waals surface area contributed by atoms with Gasteiger partial charge in [-0.3, -0.25) is 57.5 Å². The van der Waals surface area contributed by atoms with Crippen molar-refractivity contribution in [3.8, 4) is 11.5 Å². The van der Waals surface area contributed by atoms with Crippen LogP contribution in [0.25, 0.3) is 0 Å². The Kier molecular flexibility index (Phi) is 42.9. The number of nitrogens with zero attached hydrogens (tertiary/aromatic N) is 1. The maximum atomic E-state index is 15.4. The van der Waals surface area contributed by atoms with Crippen LogP contribution in [-0.4, -0.2) is 346 Å². The first-order valence-electron chi connectivity index (χ1n) is 42.1. The number of aliphatic hydroxyl groups excluding tert-OH is 11. The topological polar surface area (TPSA) is 696 Å². The minimum absolute atomic E-state index is 0.121. The van der Waals surface area contributed by atoms with Gasteiger partial charge in [-0.1, -0.05) is 101 Å². The molecule has 2 aromatic carbocycles. The highest BCUT2D eigenvalue weighted by molar-refractivity contribution is 6.02. The Morgan fingerprint density at radius 2 is 1.20 bits per heavy atom. The Bertz CT molecular complexity index is 4000. The van der Waals surface area contributed by atoms with Gasteiger partial charge in [0, 0.05) is 40.2 Å². The standard InChI is InChI=1S/C82H125N11O34/c1-10-12-13-14-15-16-17-18-19-20-21-53(124-81-67(109)69(52(102)37-120-81)127-80-61(85-42(7)98)66(108)63(105)54(35-94)125-80)65(107)78(118)91-59(39(4)97)75(115)92-60-40(5)121-79(119)51(33-45-24-28-47(101)29-25-45)89-77(117)62(41(6)122-82-68(110)70(123-43(8)99)64(106)55(36-95)126-82)93(9)57(104)34-84-71(111)49(30-31-56(83)103)87-72(112)48(11-2)86-73(113)50(32-44-22-26-46(100)27-23-44)88-74(114)58(38(3)96)90-76(60)116/h11,22-29,38-41,49-55,58-70,80-82,94-97,100-102,105-110H,10,12-21,30-37H2,1-9H3,(H2,83,103)(H,84,111)(H,85,98)(H,86,113)(H,87,112)(H,88,114)(H,89,117)(H,90,116)(H,91,118)(H,92,115). The first kappa shape index (κ1) is 106. The van der Waals surface area contributed by atoms with Crippen molar-refractivity contribution in [2.75, 3.05) is 33.4 Å². The van der Waals surface area contributed by atoms with Gasteiger partial charge in [0.15, 0.2) is 31.1 Å². The van der Waals surface area contributed by atoms with Gasteiger partial charge in [0.1, 0.15) is 127 Å². The zero-order chi connectivity index (χ0) is 94.4. The fraction of sp³-hybridized carbons (Fsp3) is 0.671. The SMILES string of the molecule is CC=C1NC(=O)C(Cc2ccc(O)cc2)NC(=O)C(C(C)O)NC(=O)C(NC(=O)C(NC(=O)C(O)C(CCCCCCCCCCCC)OC2OCC(O)C(OC3OC(CO)C(O)C(O)C3NC(C)=O)C2O)C(C)O)C(C)OC(=O)C(Cc2ccc(O)cc2)NC(=O)C(C(C)OC2OC(CO)C(O)C(OC(C)=O)C2O)N(C)C(=O)CNC(=O)C(CCC(N)=O)NC1=O. The molecule has 27 unspecified atom stereocenters. The summed E-state index contributed by atoms with van der Waals surface area (Å²) in [5, 5.41) is 164. The number of phenols is 2. The summed E-state index contributed by atoms with van der Waals surface area (Å²) < 4.78 is 46.4. The summed E-state index contributed by atoms with van der Waals surface area (Å²) in [6.45, 7) is 5.74. The van der Waals surface area contributed by atoms with E-state index in [0.717, 1.165) is 99.6 Å². The molecule has 24 N–H and O–H groups in total. The highest BCUT2D eigenvalue weighted by Gasteiger charge is 2.53. The van der Waals surface area contributed by atoms with E-state index in [0.29, 0.717) is 17.7 Å². The third-order valence-electron chi connectivity index (χ3n) is 21.7. The quantitative estimate of drug-likeness (QED) is 0.0171. The van der Waals surface area contributed by atoms with E-state index in [1.54, 1.807) is 0 Å². The number of amides is 11. The number of hydrogen-bond acceptors (Lipinski definition) is 34. The van der Waals surface area contributed by atoms with Crippen LogP contribution in [0.15, 0.2) is 60.3 Å². The molecule has 2 aromatic rings. The predicted octanol–water partition coefficient (Wildman–Crippen LogP) is -7.03. The van der Waals surface area contributed by atoms with Crippen molar-refractivity contribution in [1.82, 2.24) is 52.8 Å². The third-order valence-corrected chi connectivity index (χ3v) is 21.7. The van der Waals surface area contributed by atoms with Crippen LogP contribution in [0.3, 0.4) is 0 Å². The van der Waals surface area contributed by atoms with Gasteiger partial charge in [0.05, 0.1) is 50.8 Å². The van der Waals surface area contributed by atoms with Crippen LogP contribution in [0.5, 0.6) is 11.5 Å². The number of allylic oxidation sites excluding steroid dienone is 1. The van der Waals surface area contributed by atoms with E-state index in [2.05, 4.69) is 54.8 Å². The normalized spacial score (nSPS) is 30.1. The summed E-state index contributed by atoms with van der Waals surface area (Å²) in [7, 11) is 0.985. The number of esters is 2. The van der Waals surface area contributed by atoms with Crippen LogP contribution in [0, 0.1) is 0 Å². The summed E-state index contributed by atoms with van der Waals surface area (Å²) in [5.41, 5.74) is 5.18. The fourth-order valence-corrected chi connectivity index (χ4v) is 14.5. The monoisotopic (exact) mass is 1810 g/mol. The molecule has 712 valence electrons. The largest absolute Gasteiger partial charge is 0.508 e. The fourth-order valence-electron chi connectivity index (χ4n) is 14.5. The van der Waals surface area contributed by atoms with Gasteiger partial charge in [-0.2, -0.15) is 0 Å². The van der Waals surface area contributed by atoms with E-state index in [9.17, 15) is 110 Å². The third kappa shape index (κ3) is 31.5. The van der Waals surface area contributed by atoms with Gasteiger partial charge >= 0.3 is 11.9 Å². The molecule has 4 saturated heterocycles. The minimum Gasteiger partial charge on any atom is -0.508 e. The van der Waals surface area contributed by atoms with Crippen molar-refractivity contribution in [3.63, 3.8) is 0 Å². The molecule has 4 heterocycles. The Hall–Kier alpha value is -9.79. The zero-order valence-corrected chi connectivity index (χ0v) is 72.1. The number of rotatable bonds is 36. The zero-order valence-electron chi connectivity index (χ0n) is 72.1. The summed E-state index contributed by atoms with van der Waals surface area (Å²) in [6, 6.07) is -6.35. The average molecular weight is 1810 g/mol. The summed E-state index contributed by atoms with van der Waals surface area (Å²) in [4.78, 5) is 186. The van der Waals surface area contributed by atoms with Crippen molar-refractivity contribution >= 4 is 76.9 Å². The van der Waals surface area contributed by atoms with Crippen molar-refractivity contribution in [2.24, 2.45) is 5.73 Å². The van der Waals surface area contributed by atoms with Crippen molar-refractivity contribution in [3.05, 3.63) is 71.4 Å². The molecule has 11 amide bonds. The molecule has 0 bridgehead atoms. The lowest BCUT2D eigenvalue weighted by Gasteiger charge is -2.46. The van der Waals surface area contributed by atoms with E-state index < -0.39 is 300 Å². The smallest absolute Gasteiger partial charge is 0.329 e. The molecule has 127 heavy (non-hydrogen) atoms. The van der Waals surface area contributed by atoms with Crippen molar-refractivity contribution in [2.45, 2.75) is 317 Å². The van der Waals surface area contributed by atoms with E-state index in [1.165, 1.54) is 55.5 Å². The lowest BCUT2D eigenvalue weighted by Crippen LogP contribution is -2.67. The van der Waals surface area contributed by atoms with Gasteiger partial charge in [0.2, 0.25) is 53.2 Å². The predicted molar refractivity (Wildman–Crippen MR) is 437 cm³/mol. The Balaban J connectivity index is 1.45. The van der Waals surface area contributed by atoms with E-state index in [1.807, 2.05) is 0 Å². The number of unbranched alkanes of at least 4 members (excludes halogenated alkanes) is 9. The number of carbonyl (C=O) groups is 13.